The molecule has 0 aliphatic heterocycles. The zero-order valence-electron chi connectivity index (χ0n) is 13.6. The van der Waals surface area contributed by atoms with Gasteiger partial charge < -0.3 is 0 Å². The van der Waals surface area contributed by atoms with E-state index in [1.165, 1.54) is 10.6 Å². The molecule has 0 N–H and O–H groups in total. The van der Waals surface area contributed by atoms with Crippen molar-refractivity contribution in [3.05, 3.63) is 59.4 Å². The van der Waals surface area contributed by atoms with Crippen LogP contribution in [0.25, 0.3) is 22.3 Å². The lowest BCUT2D eigenvalue weighted by Gasteiger charge is -2.11. The van der Waals surface area contributed by atoms with Gasteiger partial charge in [0.1, 0.15) is 6.33 Å². The molecule has 2 atom stereocenters. The summed E-state index contributed by atoms with van der Waals surface area (Å²) in [5, 5.41) is 8.98. The monoisotopic (exact) mass is 347 g/mol. The maximum Gasteiger partial charge on any atom is 0.161 e. The number of fused-ring (bicyclic) bond motifs is 1. The highest BCUT2D eigenvalue weighted by atomic mass is 32.1. The van der Waals surface area contributed by atoms with Crippen LogP contribution in [0.2, 0.25) is 0 Å². The number of aromatic nitrogens is 5. The van der Waals surface area contributed by atoms with E-state index < -0.39 is 0 Å². The van der Waals surface area contributed by atoms with Crippen LogP contribution >= 0.6 is 11.3 Å². The predicted octanol–water partition coefficient (Wildman–Crippen LogP) is 4.46. The van der Waals surface area contributed by atoms with E-state index in [2.05, 4.69) is 49.4 Å². The zero-order chi connectivity index (χ0) is 16.6. The largest absolute Gasteiger partial charge is 0.244 e. The van der Waals surface area contributed by atoms with E-state index in [0.717, 1.165) is 36.0 Å². The molecule has 6 heteroatoms. The second-order valence-electron chi connectivity index (χ2n) is 6.49. The van der Waals surface area contributed by atoms with E-state index in [1.807, 2.05) is 18.5 Å². The van der Waals surface area contributed by atoms with Crippen molar-refractivity contribution in [2.24, 2.45) is 0 Å². The molecular formula is C19H17N5S. The predicted molar refractivity (Wildman–Crippen MR) is 98.5 cm³/mol. The maximum atomic E-state index is 4.90. The summed E-state index contributed by atoms with van der Waals surface area (Å²) in [6.07, 6.45) is 8.62. The summed E-state index contributed by atoms with van der Waals surface area (Å²) in [6.45, 7) is 0. The molecule has 3 heterocycles. The van der Waals surface area contributed by atoms with Gasteiger partial charge in [-0.3, -0.25) is 0 Å². The van der Waals surface area contributed by atoms with E-state index >= 15 is 0 Å². The molecule has 0 unspecified atom stereocenters. The van der Waals surface area contributed by atoms with E-state index in [-0.39, 0.29) is 0 Å². The summed E-state index contributed by atoms with van der Waals surface area (Å²) >= 11 is 1.78. The molecule has 5 nitrogen and oxygen atoms in total. The molecule has 1 fully saturated rings. The van der Waals surface area contributed by atoms with Crippen molar-refractivity contribution in [1.29, 1.82) is 0 Å². The molecule has 0 bridgehead atoms. The molecule has 4 aromatic rings. The van der Waals surface area contributed by atoms with Gasteiger partial charge in [-0.1, -0.05) is 30.3 Å². The highest BCUT2D eigenvalue weighted by Gasteiger charge is 2.30. The number of hydrogen-bond acceptors (Lipinski definition) is 5. The first-order chi connectivity index (χ1) is 12.4. The lowest BCUT2D eigenvalue weighted by atomic mass is 10.1. The molecular weight excluding hydrogens is 330 g/mol. The van der Waals surface area contributed by atoms with E-state index in [9.17, 15) is 0 Å². The van der Waals surface area contributed by atoms with Crippen LogP contribution in [0.4, 0.5) is 0 Å². The number of rotatable bonds is 3. The number of hydrogen-bond donors (Lipinski definition) is 0. The second kappa shape index (κ2) is 6.04. The molecule has 124 valence electrons. The first-order valence-electron chi connectivity index (χ1n) is 8.52. The Kier molecular flexibility index (Phi) is 3.56. The number of benzene rings is 1. The SMILES string of the molecule is c1ccc(-c2csc([C@@H]3CC[C@H](n4ncc5cncnc54)C3)n2)cc1. The standard InChI is InChI=1S/C19H17N5S/c1-2-4-13(5-3-1)17-11-25-19(23-17)14-6-7-16(8-14)24-18-15(10-22-24)9-20-12-21-18/h1-5,9-12,14,16H,6-8H2/t14-,16+/m1/s1. The highest BCUT2D eigenvalue weighted by Crippen LogP contribution is 2.43. The highest BCUT2D eigenvalue weighted by molar-refractivity contribution is 7.10. The normalized spacial score (nSPS) is 20.3. The summed E-state index contributed by atoms with van der Waals surface area (Å²) in [6, 6.07) is 10.8. The van der Waals surface area contributed by atoms with Gasteiger partial charge in [-0.05, 0) is 19.3 Å². The summed E-state index contributed by atoms with van der Waals surface area (Å²) in [4.78, 5) is 13.4. The van der Waals surface area contributed by atoms with Crippen LogP contribution in [0.5, 0.6) is 0 Å². The van der Waals surface area contributed by atoms with Gasteiger partial charge in [0.05, 0.1) is 28.3 Å². The minimum absolute atomic E-state index is 0.390. The lowest BCUT2D eigenvalue weighted by Crippen LogP contribution is -2.07. The Bertz CT molecular complexity index is 1010. The van der Waals surface area contributed by atoms with Crippen LogP contribution in [-0.4, -0.2) is 24.7 Å². The van der Waals surface area contributed by atoms with E-state index in [0.29, 0.717) is 12.0 Å². The van der Waals surface area contributed by atoms with Gasteiger partial charge in [-0.25, -0.2) is 19.6 Å². The van der Waals surface area contributed by atoms with Crippen LogP contribution in [0, 0.1) is 0 Å². The molecule has 0 radical (unpaired) electrons. The van der Waals surface area contributed by atoms with Gasteiger partial charge in [-0.2, -0.15) is 5.10 Å². The third kappa shape index (κ3) is 2.62. The fraction of sp³-hybridized carbons (Fsp3) is 0.263. The molecule has 0 spiro atoms. The van der Waals surface area contributed by atoms with Gasteiger partial charge in [-0.15, -0.1) is 11.3 Å². The summed E-state index contributed by atoms with van der Waals surface area (Å²) in [5.74, 6) is 0.508. The summed E-state index contributed by atoms with van der Waals surface area (Å²) in [7, 11) is 0. The molecule has 1 saturated carbocycles. The fourth-order valence-electron chi connectivity index (χ4n) is 3.68. The summed E-state index contributed by atoms with van der Waals surface area (Å²) < 4.78 is 2.07. The quantitative estimate of drug-likeness (QED) is 0.549. The van der Waals surface area contributed by atoms with Crippen molar-refractivity contribution in [2.75, 3.05) is 0 Å². The van der Waals surface area contributed by atoms with Crippen molar-refractivity contribution in [2.45, 2.75) is 31.2 Å². The van der Waals surface area contributed by atoms with Crippen LogP contribution in [0.3, 0.4) is 0 Å². The molecule has 3 aromatic heterocycles. The number of nitrogens with zero attached hydrogens (tertiary/aromatic N) is 5. The Morgan fingerprint density at radius 2 is 2.00 bits per heavy atom. The Balaban J connectivity index is 1.38. The second-order valence-corrected chi connectivity index (χ2v) is 7.38. The van der Waals surface area contributed by atoms with Gasteiger partial charge in [0.2, 0.25) is 0 Å². The molecule has 1 aliphatic carbocycles. The van der Waals surface area contributed by atoms with Crippen molar-refractivity contribution in [3.63, 3.8) is 0 Å². The number of thiazole rings is 1. The average Bonchev–Trinajstić information content (AvgIpc) is 3.40. The molecule has 0 saturated heterocycles. The van der Waals surface area contributed by atoms with Gasteiger partial charge >= 0.3 is 0 Å². The van der Waals surface area contributed by atoms with Crippen LogP contribution in [0.1, 0.15) is 36.2 Å². The Morgan fingerprint density at radius 3 is 2.92 bits per heavy atom. The topological polar surface area (TPSA) is 56.5 Å². The van der Waals surface area contributed by atoms with Gasteiger partial charge in [0.15, 0.2) is 5.65 Å². The van der Waals surface area contributed by atoms with Crippen LogP contribution in [0.15, 0.2) is 54.4 Å². The Hall–Kier alpha value is -2.60. The Labute approximate surface area is 149 Å². The molecule has 1 aliphatic rings. The van der Waals surface area contributed by atoms with Crippen molar-refractivity contribution >= 4 is 22.4 Å². The van der Waals surface area contributed by atoms with E-state index in [1.54, 1.807) is 17.7 Å². The van der Waals surface area contributed by atoms with Crippen molar-refractivity contribution in [3.8, 4) is 11.3 Å². The average molecular weight is 347 g/mol. The molecule has 5 rings (SSSR count). The van der Waals surface area contributed by atoms with Gasteiger partial charge in [0.25, 0.3) is 0 Å². The molecule has 0 amide bonds. The summed E-state index contributed by atoms with van der Waals surface area (Å²) in [5.41, 5.74) is 3.21. The maximum absolute atomic E-state index is 4.90. The first-order valence-corrected chi connectivity index (χ1v) is 9.40. The fourth-order valence-corrected chi connectivity index (χ4v) is 4.66. The smallest absolute Gasteiger partial charge is 0.161 e. The molecule has 1 aromatic carbocycles. The van der Waals surface area contributed by atoms with Crippen molar-refractivity contribution in [1.82, 2.24) is 24.7 Å². The Morgan fingerprint density at radius 1 is 1.08 bits per heavy atom. The van der Waals surface area contributed by atoms with E-state index in [4.69, 9.17) is 4.98 Å². The molecule has 25 heavy (non-hydrogen) atoms. The van der Waals surface area contributed by atoms with Gasteiger partial charge in [0, 0.05) is 23.1 Å². The lowest BCUT2D eigenvalue weighted by molar-refractivity contribution is 0.472. The van der Waals surface area contributed by atoms with Crippen LogP contribution < -0.4 is 0 Å². The minimum Gasteiger partial charge on any atom is -0.244 e. The zero-order valence-corrected chi connectivity index (χ0v) is 14.4. The third-order valence-electron chi connectivity index (χ3n) is 4.95. The van der Waals surface area contributed by atoms with Crippen molar-refractivity contribution < 1.29 is 0 Å². The first kappa shape index (κ1) is 14.7. The minimum atomic E-state index is 0.390. The third-order valence-corrected chi connectivity index (χ3v) is 5.96. The van der Waals surface area contributed by atoms with Crippen LogP contribution in [-0.2, 0) is 0 Å².